The van der Waals surface area contributed by atoms with E-state index in [4.69, 9.17) is 16.7 Å². The van der Waals surface area contributed by atoms with Crippen molar-refractivity contribution < 1.29 is 13.2 Å². The van der Waals surface area contributed by atoms with Gasteiger partial charge in [-0.3, -0.25) is 4.79 Å². The lowest BCUT2D eigenvalue weighted by Crippen LogP contribution is -2.28. The minimum atomic E-state index is -3.76. The summed E-state index contributed by atoms with van der Waals surface area (Å²) in [5, 5.41) is 8.67. The van der Waals surface area contributed by atoms with Crippen LogP contribution in [-0.2, 0) is 20.6 Å². The van der Waals surface area contributed by atoms with Crippen molar-refractivity contribution >= 4 is 39.3 Å². The van der Waals surface area contributed by atoms with Gasteiger partial charge < -0.3 is 5.32 Å². The summed E-state index contributed by atoms with van der Waals surface area (Å²) in [5.41, 5.74) is 1.78. The van der Waals surface area contributed by atoms with Gasteiger partial charge >= 0.3 is 0 Å². The molecule has 5 nitrogen and oxygen atoms in total. The molecule has 1 unspecified atom stereocenters. The highest BCUT2D eigenvalue weighted by Gasteiger charge is 2.13. The Kier molecular flexibility index (Phi) is 6.89. The van der Waals surface area contributed by atoms with Gasteiger partial charge in [-0.15, -0.1) is 11.8 Å². The molecule has 25 heavy (non-hydrogen) atoms. The Bertz CT molecular complexity index is 839. The zero-order valence-corrected chi connectivity index (χ0v) is 16.0. The van der Waals surface area contributed by atoms with E-state index in [2.05, 4.69) is 5.32 Å². The summed E-state index contributed by atoms with van der Waals surface area (Å²) in [7, 11) is -3.76. The molecule has 0 aliphatic rings. The minimum Gasteiger partial charge on any atom is -0.349 e. The van der Waals surface area contributed by atoms with Gasteiger partial charge in [-0.25, -0.2) is 13.6 Å². The summed E-state index contributed by atoms with van der Waals surface area (Å²) in [6, 6.07) is 13.4. The number of sulfonamides is 1. The monoisotopic (exact) mass is 398 g/mol. The van der Waals surface area contributed by atoms with Gasteiger partial charge in [0.05, 0.1) is 16.7 Å². The third kappa shape index (κ3) is 6.36. The summed E-state index contributed by atoms with van der Waals surface area (Å²) < 4.78 is 22.8. The van der Waals surface area contributed by atoms with Crippen LogP contribution in [0.3, 0.4) is 0 Å². The molecular formula is C17H19ClN2O3S2. The number of primary sulfonamides is 1. The molecule has 3 N–H and O–H groups in total. The van der Waals surface area contributed by atoms with Gasteiger partial charge in [-0.05, 0) is 42.3 Å². The van der Waals surface area contributed by atoms with E-state index >= 15 is 0 Å². The lowest BCUT2D eigenvalue weighted by atomic mass is 10.1. The number of amides is 1. The van der Waals surface area contributed by atoms with Crippen LogP contribution in [0.1, 0.15) is 24.1 Å². The van der Waals surface area contributed by atoms with Crippen LogP contribution < -0.4 is 10.5 Å². The highest BCUT2D eigenvalue weighted by molar-refractivity contribution is 7.99. The Morgan fingerprint density at radius 1 is 1.24 bits per heavy atom. The van der Waals surface area contributed by atoms with Crippen LogP contribution in [-0.4, -0.2) is 20.1 Å². The molecule has 0 aromatic heterocycles. The summed E-state index contributed by atoms with van der Waals surface area (Å²) >= 11 is 7.33. The van der Waals surface area contributed by atoms with Crippen molar-refractivity contribution in [3.63, 3.8) is 0 Å². The average Bonchev–Trinajstić information content (AvgIpc) is 2.56. The molecule has 0 radical (unpaired) electrons. The van der Waals surface area contributed by atoms with E-state index < -0.39 is 10.0 Å². The lowest BCUT2D eigenvalue weighted by molar-refractivity contribution is -0.119. The van der Waals surface area contributed by atoms with Gasteiger partial charge in [0.25, 0.3) is 0 Å². The standard InChI is InChI=1S/C17H19ClN2O3S2/c1-12(14-3-2-4-16(9-14)25(19,22)23)20-17(21)11-24-10-13-5-7-15(18)8-6-13/h2-9,12H,10-11H2,1H3,(H,20,21)(H2,19,22,23). The number of nitrogens with two attached hydrogens (primary N) is 1. The Labute approximate surface area is 157 Å². The number of carbonyl (C=O) groups excluding carboxylic acids is 1. The predicted molar refractivity (Wildman–Crippen MR) is 102 cm³/mol. The van der Waals surface area contributed by atoms with E-state index in [1.807, 2.05) is 24.3 Å². The molecule has 0 bridgehead atoms. The van der Waals surface area contributed by atoms with Gasteiger partial charge in [0.1, 0.15) is 0 Å². The van der Waals surface area contributed by atoms with Crippen LogP contribution in [0.5, 0.6) is 0 Å². The van der Waals surface area contributed by atoms with Crippen LogP contribution >= 0.6 is 23.4 Å². The first-order valence-electron chi connectivity index (χ1n) is 7.50. The number of carbonyl (C=O) groups is 1. The molecule has 1 atom stereocenters. The lowest BCUT2D eigenvalue weighted by Gasteiger charge is -2.15. The predicted octanol–water partition coefficient (Wildman–Crippen LogP) is 3.10. The maximum absolute atomic E-state index is 12.1. The van der Waals surface area contributed by atoms with Gasteiger partial charge in [-0.2, -0.15) is 0 Å². The highest BCUT2D eigenvalue weighted by atomic mass is 35.5. The van der Waals surface area contributed by atoms with Crippen molar-refractivity contribution in [2.75, 3.05) is 5.75 Å². The van der Waals surface area contributed by atoms with E-state index in [0.29, 0.717) is 22.1 Å². The molecule has 2 aromatic rings. The fourth-order valence-corrected chi connectivity index (χ4v) is 3.66. The number of rotatable bonds is 7. The average molecular weight is 399 g/mol. The van der Waals surface area contributed by atoms with E-state index in [1.165, 1.54) is 23.9 Å². The second kappa shape index (κ2) is 8.71. The molecule has 134 valence electrons. The van der Waals surface area contributed by atoms with Crippen LogP contribution in [0, 0.1) is 0 Å². The Morgan fingerprint density at radius 2 is 1.92 bits per heavy atom. The molecule has 1 amide bonds. The number of hydrogen-bond acceptors (Lipinski definition) is 4. The number of benzene rings is 2. The van der Waals surface area contributed by atoms with Crippen LogP contribution in [0.2, 0.25) is 5.02 Å². The summed E-state index contributed by atoms with van der Waals surface area (Å²) in [5.74, 6) is 0.898. The van der Waals surface area contributed by atoms with Crippen molar-refractivity contribution in [1.82, 2.24) is 5.32 Å². The molecular weight excluding hydrogens is 380 g/mol. The molecule has 0 heterocycles. The van der Waals surface area contributed by atoms with Crippen LogP contribution in [0.15, 0.2) is 53.4 Å². The van der Waals surface area contributed by atoms with Crippen LogP contribution in [0.25, 0.3) is 0 Å². The summed E-state index contributed by atoms with van der Waals surface area (Å²) in [6.45, 7) is 1.80. The minimum absolute atomic E-state index is 0.0308. The highest BCUT2D eigenvalue weighted by Crippen LogP contribution is 2.18. The Morgan fingerprint density at radius 3 is 2.56 bits per heavy atom. The second-order valence-electron chi connectivity index (χ2n) is 5.53. The van der Waals surface area contributed by atoms with Crippen molar-refractivity contribution in [1.29, 1.82) is 0 Å². The second-order valence-corrected chi connectivity index (χ2v) is 8.51. The zero-order valence-electron chi connectivity index (χ0n) is 13.6. The number of hydrogen-bond donors (Lipinski definition) is 2. The Hall–Kier alpha value is -1.54. The molecule has 2 rings (SSSR count). The van der Waals surface area contributed by atoms with Gasteiger partial charge in [-0.1, -0.05) is 35.9 Å². The number of thioether (sulfide) groups is 1. The SMILES string of the molecule is CC(NC(=O)CSCc1ccc(Cl)cc1)c1cccc(S(N)(=O)=O)c1. The molecule has 0 saturated carbocycles. The first-order valence-corrected chi connectivity index (χ1v) is 10.6. The van der Waals surface area contributed by atoms with E-state index in [9.17, 15) is 13.2 Å². The van der Waals surface area contributed by atoms with Gasteiger partial charge in [0.2, 0.25) is 15.9 Å². The normalized spacial score (nSPS) is 12.6. The van der Waals surface area contributed by atoms with E-state index in [0.717, 1.165) is 5.56 Å². The maximum Gasteiger partial charge on any atom is 0.238 e. The zero-order chi connectivity index (χ0) is 18.4. The maximum atomic E-state index is 12.1. The van der Waals surface area contributed by atoms with Gasteiger partial charge in [0, 0.05) is 10.8 Å². The van der Waals surface area contributed by atoms with E-state index in [1.54, 1.807) is 19.1 Å². The third-order valence-corrected chi connectivity index (χ3v) is 5.65. The largest absolute Gasteiger partial charge is 0.349 e. The van der Waals surface area contributed by atoms with Crippen molar-refractivity contribution in [2.24, 2.45) is 5.14 Å². The van der Waals surface area contributed by atoms with Gasteiger partial charge in [0.15, 0.2) is 0 Å². The fourth-order valence-electron chi connectivity index (χ4n) is 2.17. The van der Waals surface area contributed by atoms with Crippen LogP contribution in [0.4, 0.5) is 0 Å². The molecule has 2 aromatic carbocycles. The molecule has 8 heteroatoms. The first-order chi connectivity index (χ1) is 11.8. The third-order valence-electron chi connectivity index (χ3n) is 3.48. The molecule has 0 spiro atoms. The van der Waals surface area contributed by atoms with Crippen molar-refractivity contribution in [3.05, 3.63) is 64.7 Å². The van der Waals surface area contributed by atoms with E-state index in [-0.39, 0.29) is 16.8 Å². The molecule has 0 saturated heterocycles. The fraction of sp³-hybridized carbons (Fsp3) is 0.235. The van der Waals surface area contributed by atoms with Crippen molar-refractivity contribution in [2.45, 2.75) is 23.6 Å². The topological polar surface area (TPSA) is 89.3 Å². The molecule has 0 aliphatic carbocycles. The van der Waals surface area contributed by atoms with Crippen molar-refractivity contribution in [3.8, 4) is 0 Å². The smallest absolute Gasteiger partial charge is 0.238 e. The molecule has 0 aliphatic heterocycles. The number of halogens is 1. The first kappa shape index (κ1) is 19.8. The summed E-state index contributed by atoms with van der Waals surface area (Å²) in [4.78, 5) is 12.1. The molecule has 0 fully saturated rings. The Balaban J connectivity index is 1.86. The number of nitrogens with one attached hydrogen (secondary N) is 1. The summed E-state index contributed by atoms with van der Waals surface area (Å²) in [6.07, 6.45) is 0. The quantitative estimate of drug-likeness (QED) is 0.749.